The maximum Gasteiger partial charge on any atom is 0.344 e. The lowest BCUT2D eigenvalue weighted by atomic mass is 10.3. The molecule has 0 atom stereocenters. The maximum atomic E-state index is 12.6. The molecule has 2 aromatic carbocycles. The lowest BCUT2D eigenvalue weighted by molar-refractivity contribution is -0.149. The number of nitrogens with zero attached hydrogens (tertiary/aromatic N) is 1. The zero-order chi connectivity index (χ0) is 23.0. The Labute approximate surface area is 191 Å². The highest BCUT2D eigenvalue weighted by molar-refractivity contribution is 7.89. The summed E-state index contributed by atoms with van der Waals surface area (Å²) >= 11 is 11.7. The van der Waals surface area contributed by atoms with Gasteiger partial charge in [-0.3, -0.25) is 4.79 Å². The monoisotopic (exact) mass is 488 g/mol. The van der Waals surface area contributed by atoms with E-state index in [4.69, 9.17) is 32.7 Å². The first-order valence-corrected chi connectivity index (χ1v) is 11.5. The zero-order valence-corrected chi connectivity index (χ0v) is 19.3. The number of carbonyl (C=O) groups excluding carboxylic acids is 2. The van der Waals surface area contributed by atoms with E-state index < -0.39 is 35.1 Å². The molecule has 0 aromatic heterocycles. The van der Waals surface area contributed by atoms with Gasteiger partial charge >= 0.3 is 5.97 Å². The van der Waals surface area contributed by atoms with Gasteiger partial charge in [0.1, 0.15) is 5.75 Å². The van der Waals surface area contributed by atoms with Crippen LogP contribution in [0.25, 0.3) is 0 Å². The van der Waals surface area contributed by atoms with Crippen molar-refractivity contribution >= 4 is 50.8 Å². The Morgan fingerprint density at radius 2 is 1.74 bits per heavy atom. The predicted octanol–water partition coefficient (Wildman–Crippen LogP) is 3.58. The van der Waals surface area contributed by atoms with Crippen LogP contribution in [-0.2, 0) is 24.3 Å². The normalized spacial score (nSPS) is 11.3. The Morgan fingerprint density at radius 1 is 1.03 bits per heavy atom. The van der Waals surface area contributed by atoms with Crippen molar-refractivity contribution in [2.24, 2.45) is 0 Å². The fourth-order valence-corrected chi connectivity index (χ4v) is 4.53. The first kappa shape index (κ1) is 24.9. The predicted molar refractivity (Wildman–Crippen MR) is 118 cm³/mol. The van der Waals surface area contributed by atoms with E-state index in [2.05, 4.69) is 5.32 Å². The molecular formula is C20H22Cl2N2O6S. The fraction of sp³-hybridized carbons (Fsp3) is 0.300. The highest BCUT2D eigenvalue weighted by Gasteiger charge is 2.22. The number of rotatable bonds is 10. The zero-order valence-electron chi connectivity index (χ0n) is 16.9. The molecule has 168 valence electrons. The molecule has 2 rings (SSSR count). The van der Waals surface area contributed by atoms with E-state index in [1.165, 1.54) is 40.7 Å². The molecule has 11 heteroatoms. The van der Waals surface area contributed by atoms with Gasteiger partial charge in [-0.15, -0.1) is 0 Å². The first-order valence-electron chi connectivity index (χ1n) is 9.31. The van der Waals surface area contributed by atoms with Gasteiger partial charge in [0.25, 0.3) is 5.91 Å². The van der Waals surface area contributed by atoms with Crippen LogP contribution in [0.4, 0.5) is 5.69 Å². The third-order valence-electron chi connectivity index (χ3n) is 4.06. The minimum absolute atomic E-state index is 0.0548. The second kappa shape index (κ2) is 11.3. The van der Waals surface area contributed by atoms with E-state index in [0.29, 0.717) is 18.1 Å². The number of amides is 1. The summed E-state index contributed by atoms with van der Waals surface area (Å²) in [6, 6.07) is 10.4. The molecule has 0 fully saturated rings. The Kier molecular flexibility index (Phi) is 9.12. The molecule has 0 saturated carbocycles. The van der Waals surface area contributed by atoms with Crippen molar-refractivity contribution in [3.05, 3.63) is 52.5 Å². The molecule has 0 bridgehead atoms. The molecule has 0 unspecified atom stereocenters. The topological polar surface area (TPSA) is 102 Å². The number of benzene rings is 2. The summed E-state index contributed by atoms with van der Waals surface area (Å²) < 4.78 is 36.6. The number of sulfonamides is 1. The number of hydrogen-bond acceptors (Lipinski definition) is 6. The fourth-order valence-electron chi connectivity index (χ4n) is 2.56. The SMILES string of the molecule is CCN(CC)S(=O)(=O)c1cccc(NC(=O)COC(=O)COc2ccc(Cl)cc2Cl)c1. The van der Waals surface area contributed by atoms with Crippen molar-refractivity contribution in [2.75, 3.05) is 31.6 Å². The molecule has 0 radical (unpaired) electrons. The van der Waals surface area contributed by atoms with Gasteiger partial charge in [-0.2, -0.15) is 4.31 Å². The Bertz CT molecular complexity index is 1040. The summed E-state index contributed by atoms with van der Waals surface area (Å²) in [6.07, 6.45) is 0. The van der Waals surface area contributed by atoms with Crippen LogP contribution in [-0.4, -0.2) is 50.9 Å². The van der Waals surface area contributed by atoms with Crippen LogP contribution in [0.2, 0.25) is 10.0 Å². The van der Waals surface area contributed by atoms with Crippen molar-refractivity contribution in [3.8, 4) is 5.75 Å². The van der Waals surface area contributed by atoms with Gasteiger partial charge in [0, 0.05) is 23.8 Å². The summed E-state index contributed by atoms with van der Waals surface area (Å²) in [5, 5.41) is 3.15. The number of anilines is 1. The van der Waals surface area contributed by atoms with Crippen molar-refractivity contribution in [1.29, 1.82) is 0 Å². The van der Waals surface area contributed by atoms with Crippen LogP contribution in [0, 0.1) is 0 Å². The Hall–Kier alpha value is -2.33. The largest absolute Gasteiger partial charge is 0.480 e. The van der Waals surface area contributed by atoms with E-state index >= 15 is 0 Å². The lowest BCUT2D eigenvalue weighted by Crippen LogP contribution is -2.30. The van der Waals surface area contributed by atoms with Crippen molar-refractivity contribution < 1.29 is 27.5 Å². The van der Waals surface area contributed by atoms with Gasteiger partial charge in [0.05, 0.1) is 9.92 Å². The van der Waals surface area contributed by atoms with Crippen LogP contribution in [0.5, 0.6) is 5.75 Å². The van der Waals surface area contributed by atoms with Gasteiger partial charge in [0.15, 0.2) is 13.2 Å². The van der Waals surface area contributed by atoms with Crippen molar-refractivity contribution in [3.63, 3.8) is 0 Å². The number of carbonyl (C=O) groups is 2. The van der Waals surface area contributed by atoms with Crippen LogP contribution in [0.3, 0.4) is 0 Å². The summed E-state index contributed by atoms with van der Waals surface area (Å²) in [5.74, 6) is -1.16. The Balaban J connectivity index is 1.89. The van der Waals surface area contributed by atoms with E-state index in [1.807, 2.05) is 0 Å². The molecule has 0 aliphatic rings. The molecule has 0 saturated heterocycles. The summed E-state index contributed by atoms with van der Waals surface area (Å²) in [4.78, 5) is 23.9. The van der Waals surface area contributed by atoms with Crippen LogP contribution < -0.4 is 10.1 Å². The standard InChI is InChI=1S/C20H22Cl2N2O6S/c1-3-24(4-2)31(27,28)16-7-5-6-15(11-16)23-19(25)12-30-20(26)13-29-18-9-8-14(21)10-17(18)22/h5-11H,3-4,12-13H2,1-2H3,(H,23,25). The summed E-state index contributed by atoms with van der Waals surface area (Å²) in [7, 11) is -3.66. The van der Waals surface area contributed by atoms with E-state index in [1.54, 1.807) is 19.9 Å². The Morgan fingerprint density at radius 3 is 2.39 bits per heavy atom. The van der Waals surface area contributed by atoms with Gasteiger partial charge in [-0.25, -0.2) is 13.2 Å². The highest BCUT2D eigenvalue weighted by Crippen LogP contribution is 2.27. The van der Waals surface area contributed by atoms with Crippen LogP contribution in [0.15, 0.2) is 47.4 Å². The van der Waals surface area contributed by atoms with Crippen molar-refractivity contribution in [2.45, 2.75) is 18.7 Å². The van der Waals surface area contributed by atoms with Gasteiger partial charge in [0.2, 0.25) is 10.0 Å². The minimum atomic E-state index is -3.66. The first-order chi connectivity index (χ1) is 14.7. The summed E-state index contributed by atoms with van der Waals surface area (Å²) in [5.41, 5.74) is 0.262. The third kappa shape index (κ3) is 7.10. The molecule has 0 heterocycles. The van der Waals surface area contributed by atoms with E-state index in [-0.39, 0.29) is 21.4 Å². The van der Waals surface area contributed by atoms with Crippen LogP contribution >= 0.6 is 23.2 Å². The average Bonchev–Trinajstić information content (AvgIpc) is 2.72. The number of ether oxygens (including phenoxy) is 2. The van der Waals surface area contributed by atoms with Crippen LogP contribution in [0.1, 0.15) is 13.8 Å². The molecule has 0 aliphatic heterocycles. The average molecular weight is 489 g/mol. The van der Waals surface area contributed by atoms with Gasteiger partial charge < -0.3 is 14.8 Å². The molecule has 31 heavy (non-hydrogen) atoms. The highest BCUT2D eigenvalue weighted by atomic mass is 35.5. The molecule has 8 nitrogen and oxygen atoms in total. The quantitative estimate of drug-likeness (QED) is 0.512. The van der Waals surface area contributed by atoms with Crippen molar-refractivity contribution in [1.82, 2.24) is 4.31 Å². The van der Waals surface area contributed by atoms with E-state index in [9.17, 15) is 18.0 Å². The van der Waals surface area contributed by atoms with Gasteiger partial charge in [-0.1, -0.05) is 43.1 Å². The number of halogens is 2. The van der Waals surface area contributed by atoms with E-state index in [0.717, 1.165) is 0 Å². The minimum Gasteiger partial charge on any atom is -0.480 e. The second-order valence-electron chi connectivity index (χ2n) is 6.19. The summed E-state index contributed by atoms with van der Waals surface area (Å²) in [6.45, 7) is 3.12. The molecule has 0 aliphatic carbocycles. The molecule has 1 N–H and O–H groups in total. The number of esters is 1. The molecule has 1 amide bonds. The number of nitrogens with one attached hydrogen (secondary N) is 1. The van der Waals surface area contributed by atoms with Gasteiger partial charge in [-0.05, 0) is 36.4 Å². The molecule has 2 aromatic rings. The molecular weight excluding hydrogens is 467 g/mol. The third-order valence-corrected chi connectivity index (χ3v) is 6.64. The molecule has 0 spiro atoms. The smallest absolute Gasteiger partial charge is 0.344 e. The second-order valence-corrected chi connectivity index (χ2v) is 8.97. The maximum absolute atomic E-state index is 12.6. The number of hydrogen-bond donors (Lipinski definition) is 1. The lowest BCUT2D eigenvalue weighted by Gasteiger charge is -2.18.